The highest BCUT2D eigenvalue weighted by molar-refractivity contribution is 5.65. The van der Waals surface area contributed by atoms with Crippen LogP contribution in [-0.2, 0) is 0 Å². The minimum Gasteiger partial charge on any atom is -0.465 e. The van der Waals surface area contributed by atoms with Crippen molar-refractivity contribution >= 4 is 6.09 Å². The summed E-state index contributed by atoms with van der Waals surface area (Å²) < 4.78 is 26.4. The molecule has 0 aliphatic rings. The summed E-state index contributed by atoms with van der Waals surface area (Å²) in [6.45, 7) is 3.31. The molecule has 5 heteroatoms. The maximum absolute atomic E-state index is 13.2. The summed E-state index contributed by atoms with van der Waals surface area (Å²) in [7, 11) is 0. The first kappa shape index (κ1) is 11.2. The number of rotatable bonds is 3. The molecule has 1 unspecified atom stereocenters. The Balaban J connectivity index is 3.11. The molecule has 2 N–H and O–H groups in total. The van der Waals surface area contributed by atoms with E-state index in [1.165, 1.54) is 6.07 Å². The molecule has 0 spiro atoms. The fourth-order valence-electron chi connectivity index (χ4n) is 1.19. The number of nitrogens with one attached hydrogen (secondary N) is 1. The van der Waals surface area contributed by atoms with E-state index in [2.05, 4.69) is 6.58 Å². The summed E-state index contributed by atoms with van der Waals surface area (Å²) in [5.74, 6) is -1.62. The molecular formula is C10H9F2NO2. The highest BCUT2D eigenvalue weighted by Gasteiger charge is 2.18. The average molecular weight is 213 g/mol. The number of carbonyl (C=O) groups is 1. The normalized spacial score (nSPS) is 11.9. The van der Waals surface area contributed by atoms with Gasteiger partial charge in [-0.25, -0.2) is 13.6 Å². The molecule has 0 aliphatic carbocycles. The van der Waals surface area contributed by atoms with Gasteiger partial charge in [0.2, 0.25) is 0 Å². The van der Waals surface area contributed by atoms with Crippen molar-refractivity contribution in [1.82, 2.24) is 5.32 Å². The first-order chi connectivity index (χ1) is 7.06. The Bertz CT molecular complexity index is 373. The summed E-state index contributed by atoms with van der Waals surface area (Å²) in [4.78, 5) is 10.4. The van der Waals surface area contributed by atoms with Crippen LogP contribution in [0.4, 0.5) is 13.6 Å². The van der Waals surface area contributed by atoms with Crippen molar-refractivity contribution < 1.29 is 18.7 Å². The maximum atomic E-state index is 13.2. The van der Waals surface area contributed by atoms with Crippen molar-refractivity contribution in [3.8, 4) is 0 Å². The molecule has 1 amide bonds. The molecule has 1 atom stereocenters. The van der Waals surface area contributed by atoms with E-state index in [0.29, 0.717) is 0 Å². The second-order valence-electron chi connectivity index (χ2n) is 2.80. The van der Waals surface area contributed by atoms with E-state index >= 15 is 0 Å². The van der Waals surface area contributed by atoms with Crippen LogP contribution in [-0.4, -0.2) is 11.2 Å². The minimum absolute atomic E-state index is 0.352. The van der Waals surface area contributed by atoms with Crippen LogP contribution in [0.2, 0.25) is 0 Å². The Morgan fingerprint density at radius 1 is 1.47 bits per heavy atom. The van der Waals surface area contributed by atoms with Crippen LogP contribution in [0.3, 0.4) is 0 Å². The first-order valence-electron chi connectivity index (χ1n) is 4.12. The molecule has 0 fully saturated rings. The summed E-state index contributed by atoms with van der Waals surface area (Å²) >= 11 is 0. The lowest BCUT2D eigenvalue weighted by Crippen LogP contribution is -2.26. The van der Waals surface area contributed by atoms with Crippen molar-refractivity contribution in [2.45, 2.75) is 6.04 Å². The zero-order chi connectivity index (χ0) is 11.4. The van der Waals surface area contributed by atoms with Gasteiger partial charge in [0.05, 0.1) is 6.04 Å². The highest BCUT2D eigenvalue weighted by atomic mass is 19.1. The van der Waals surface area contributed by atoms with Crippen LogP contribution < -0.4 is 5.32 Å². The van der Waals surface area contributed by atoms with Gasteiger partial charge in [-0.3, -0.25) is 0 Å². The maximum Gasteiger partial charge on any atom is 0.405 e. The molecule has 1 aromatic carbocycles. The molecule has 0 radical (unpaired) electrons. The van der Waals surface area contributed by atoms with Crippen molar-refractivity contribution in [2.75, 3.05) is 0 Å². The molecular weight excluding hydrogens is 204 g/mol. The quantitative estimate of drug-likeness (QED) is 0.757. The lowest BCUT2D eigenvalue weighted by molar-refractivity contribution is 0.191. The Hall–Kier alpha value is -1.91. The third-order valence-corrected chi connectivity index (χ3v) is 1.83. The standard InChI is InChI=1S/C10H9F2NO2/c1-2-8(13-10(14)15)9-6(11)4-3-5-7(9)12/h2-5,8,13H,1H2,(H,14,15). The third kappa shape index (κ3) is 2.52. The molecule has 1 rings (SSSR count). The van der Waals surface area contributed by atoms with Crippen molar-refractivity contribution in [1.29, 1.82) is 0 Å². The van der Waals surface area contributed by atoms with Gasteiger partial charge in [0.25, 0.3) is 0 Å². The second-order valence-corrected chi connectivity index (χ2v) is 2.80. The predicted molar refractivity (Wildman–Crippen MR) is 50.5 cm³/mol. The lowest BCUT2D eigenvalue weighted by atomic mass is 10.1. The van der Waals surface area contributed by atoms with Crippen molar-refractivity contribution in [3.05, 3.63) is 48.1 Å². The van der Waals surface area contributed by atoms with Gasteiger partial charge in [0.1, 0.15) is 11.6 Å². The molecule has 1 aromatic rings. The van der Waals surface area contributed by atoms with Gasteiger partial charge in [0, 0.05) is 5.56 Å². The smallest absolute Gasteiger partial charge is 0.405 e. The molecule has 0 saturated carbocycles. The summed E-state index contributed by atoms with van der Waals surface area (Å²) in [6, 6.07) is 2.22. The SMILES string of the molecule is C=CC(NC(=O)O)c1c(F)cccc1F. The van der Waals surface area contributed by atoms with Gasteiger partial charge >= 0.3 is 6.09 Å². The molecule has 15 heavy (non-hydrogen) atoms. The van der Waals surface area contributed by atoms with Gasteiger partial charge < -0.3 is 10.4 Å². The summed E-state index contributed by atoms with van der Waals surface area (Å²) in [5, 5.41) is 10.4. The summed E-state index contributed by atoms with van der Waals surface area (Å²) in [6.07, 6.45) is -0.252. The lowest BCUT2D eigenvalue weighted by Gasteiger charge is -2.14. The van der Waals surface area contributed by atoms with Gasteiger partial charge in [-0.1, -0.05) is 12.1 Å². The highest BCUT2D eigenvalue weighted by Crippen LogP contribution is 2.21. The van der Waals surface area contributed by atoms with Crippen molar-refractivity contribution in [2.24, 2.45) is 0 Å². The van der Waals surface area contributed by atoms with Crippen LogP contribution in [0.25, 0.3) is 0 Å². The third-order valence-electron chi connectivity index (χ3n) is 1.83. The number of halogens is 2. The zero-order valence-corrected chi connectivity index (χ0v) is 7.71. The minimum atomic E-state index is -1.37. The Kier molecular flexibility index (Phi) is 3.38. The van der Waals surface area contributed by atoms with Crippen LogP contribution in [0.15, 0.2) is 30.9 Å². The summed E-state index contributed by atoms with van der Waals surface area (Å²) in [5.41, 5.74) is -0.352. The predicted octanol–water partition coefficient (Wildman–Crippen LogP) is 2.46. The Morgan fingerprint density at radius 3 is 2.40 bits per heavy atom. The number of hydrogen-bond acceptors (Lipinski definition) is 1. The molecule has 0 saturated heterocycles. The molecule has 0 heterocycles. The van der Waals surface area contributed by atoms with E-state index in [-0.39, 0.29) is 5.56 Å². The van der Waals surface area contributed by atoms with Gasteiger partial charge in [-0.15, -0.1) is 6.58 Å². The Labute approximate surface area is 85.0 Å². The molecule has 0 aromatic heterocycles. The van der Waals surface area contributed by atoms with Gasteiger partial charge in [0.15, 0.2) is 0 Å². The number of benzene rings is 1. The van der Waals surface area contributed by atoms with Gasteiger partial charge in [-0.05, 0) is 12.1 Å². The van der Waals surface area contributed by atoms with E-state index in [1.54, 1.807) is 0 Å². The van der Waals surface area contributed by atoms with E-state index in [9.17, 15) is 13.6 Å². The molecule has 0 bridgehead atoms. The van der Waals surface area contributed by atoms with Gasteiger partial charge in [-0.2, -0.15) is 0 Å². The second kappa shape index (κ2) is 4.54. The molecule has 0 aliphatic heterocycles. The zero-order valence-electron chi connectivity index (χ0n) is 7.71. The van der Waals surface area contributed by atoms with E-state index in [1.807, 2.05) is 5.32 Å². The number of hydrogen-bond donors (Lipinski definition) is 2. The van der Waals surface area contributed by atoms with Crippen LogP contribution in [0.5, 0.6) is 0 Å². The topological polar surface area (TPSA) is 49.3 Å². The number of amides is 1. The molecule has 3 nitrogen and oxygen atoms in total. The average Bonchev–Trinajstić information content (AvgIpc) is 2.15. The first-order valence-corrected chi connectivity index (χ1v) is 4.12. The Morgan fingerprint density at radius 2 is 2.00 bits per heavy atom. The van der Waals surface area contributed by atoms with E-state index in [4.69, 9.17) is 5.11 Å². The fourth-order valence-corrected chi connectivity index (χ4v) is 1.19. The van der Waals surface area contributed by atoms with E-state index in [0.717, 1.165) is 18.2 Å². The van der Waals surface area contributed by atoms with Crippen LogP contribution >= 0.6 is 0 Å². The van der Waals surface area contributed by atoms with E-state index < -0.39 is 23.8 Å². The molecule has 80 valence electrons. The number of carboxylic acid groups (broad SMARTS) is 1. The largest absolute Gasteiger partial charge is 0.465 e. The van der Waals surface area contributed by atoms with Crippen LogP contribution in [0.1, 0.15) is 11.6 Å². The van der Waals surface area contributed by atoms with Crippen LogP contribution in [0, 0.1) is 11.6 Å². The van der Waals surface area contributed by atoms with Crippen molar-refractivity contribution in [3.63, 3.8) is 0 Å². The fraction of sp³-hybridized carbons (Fsp3) is 0.100. The monoisotopic (exact) mass is 213 g/mol.